The molecule has 1 heterocycles. The predicted octanol–water partition coefficient (Wildman–Crippen LogP) is 1.89. The van der Waals surface area contributed by atoms with E-state index in [1.165, 1.54) is 5.06 Å². The second kappa shape index (κ2) is 8.86. The molecule has 0 bridgehead atoms. The van der Waals surface area contributed by atoms with E-state index in [0.717, 1.165) is 6.42 Å². The molecule has 0 aromatic heterocycles. The molecule has 2 N–H and O–H groups in total. The Kier molecular flexibility index (Phi) is 7.84. The molecule has 21 heavy (non-hydrogen) atoms. The van der Waals surface area contributed by atoms with Crippen LogP contribution in [-0.4, -0.2) is 46.6 Å². The first-order valence-corrected chi connectivity index (χ1v) is 9.17. The smallest absolute Gasteiger partial charge is 0.372 e. The monoisotopic (exact) mass is 323 g/mol. The Morgan fingerprint density at radius 1 is 1.38 bits per heavy atom. The highest BCUT2D eigenvalue weighted by molar-refractivity contribution is 7.53. The Labute approximate surface area is 125 Å². The summed E-state index contributed by atoms with van der Waals surface area (Å²) < 4.78 is 22.0. The van der Waals surface area contributed by atoms with Crippen LogP contribution >= 0.6 is 7.60 Å². The number of esters is 1. The van der Waals surface area contributed by atoms with Gasteiger partial charge in [0.1, 0.15) is 0 Å². The summed E-state index contributed by atoms with van der Waals surface area (Å²) in [7, 11) is -4.07. The molecule has 0 aromatic carbocycles. The maximum Gasteiger partial charge on any atom is 0.372 e. The average molecular weight is 323 g/mol. The number of carbonyl (C=O) groups excluding carboxylic acids is 1. The standard InChI is InChI=1S/C13H26NO6P/c1-3-5-6-12(15)21(17,18)20-14-9-7-11(8-10-14)13(16)19-4-2/h11-12,15H,3-10H2,1-2H3,(H,17,18). The van der Waals surface area contributed by atoms with Crippen molar-refractivity contribution in [2.75, 3.05) is 19.7 Å². The molecule has 0 radical (unpaired) electrons. The molecule has 0 saturated carbocycles. The normalized spacial score (nSPS) is 21.7. The minimum Gasteiger partial charge on any atom is -0.466 e. The lowest BCUT2D eigenvalue weighted by atomic mass is 9.98. The second-order valence-electron chi connectivity index (χ2n) is 5.22. The second-order valence-corrected chi connectivity index (χ2v) is 7.11. The molecular weight excluding hydrogens is 297 g/mol. The van der Waals surface area contributed by atoms with Gasteiger partial charge in [0.15, 0.2) is 5.85 Å². The highest BCUT2D eigenvalue weighted by Gasteiger charge is 2.35. The van der Waals surface area contributed by atoms with Crippen LogP contribution in [-0.2, 0) is 18.7 Å². The van der Waals surface area contributed by atoms with Gasteiger partial charge in [-0.15, -0.1) is 0 Å². The molecule has 2 atom stereocenters. The zero-order valence-corrected chi connectivity index (χ0v) is 13.6. The molecule has 1 fully saturated rings. The average Bonchev–Trinajstić information content (AvgIpc) is 2.45. The largest absolute Gasteiger partial charge is 0.466 e. The Morgan fingerprint density at radius 3 is 2.52 bits per heavy atom. The van der Waals surface area contributed by atoms with Crippen LogP contribution in [0.15, 0.2) is 0 Å². The lowest BCUT2D eigenvalue weighted by Crippen LogP contribution is -2.37. The van der Waals surface area contributed by atoms with Crippen LogP contribution in [0.5, 0.6) is 0 Å². The summed E-state index contributed by atoms with van der Waals surface area (Å²) in [6.45, 7) is 4.79. The van der Waals surface area contributed by atoms with Gasteiger partial charge < -0.3 is 14.7 Å². The summed E-state index contributed by atoms with van der Waals surface area (Å²) in [6.07, 6.45) is 2.78. The molecule has 1 saturated heterocycles. The number of hydrogen-bond acceptors (Lipinski definition) is 6. The van der Waals surface area contributed by atoms with E-state index < -0.39 is 13.4 Å². The number of rotatable bonds is 8. The van der Waals surface area contributed by atoms with Gasteiger partial charge in [0.25, 0.3) is 0 Å². The van der Waals surface area contributed by atoms with Crippen LogP contribution in [0, 0.1) is 5.92 Å². The topological polar surface area (TPSA) is 96.3 Å². The Hall–Kier alpha value is -0.460. The molecule has 8 heteroatoms. The summed E-state index contributed by atoms with van der Waals surface area (Å²) in [4.78, 5) is 21.4. The number of aliphatic hydroxyl groups is 1. The van der Waals surface area contributed by atoms with E-state index >= 15 is 0 Å². The van der Waals surface area contributed by atoms with Crippen LogP contribution < -0.4 is 0 Å². The summed E-state index contributed by atoms with van der Waals surface area (Å²) in [5, 5.41) is 11.1. The third kappa shape index (κ3) is 6.04. The fourth-order valence-electron chi connectivity index (χ4n) is 2.20. The van der Waals surface area contributed by atoms with E-state index in [0.29, 0.717) is 39.0 Å². The number of hydroxylamine groups is 2. The van der Waals surface area contributed by atoms with Crippen molar-refractivity contribution in [3.8, 4) is 0 Å². The Balaban J connectivity index is 2.40. The number of nitrogens with zero attached hydrogens (tertiary/aromatic N) is 1. The van der Waals surface area contributed by atoms with Crippen molar-refractivity contribution in [1.82, 2.24) is 5.06 Å². The van der Waals surface area contributed by atoms with E-state index in [2.05, 4.69) is 0 Å². The van der Waals surface area contributed by atoms with Gasteiger partial charge in [0, 0.05) is 13.1 Å². The molecule has 124 valence electrons. The summed E-state index contributed by atoms with van der Waals surface area (Å²) in [6, 6.07) is 0. The zero-order valence-electron chi connectivity index (χ0n) is 12.7. The minimum absolute atomic E-state index is 0.187. The van der Waals surface area contributed by atoms with E-state index in [9.17, 15) is 19.4 Å². The van der Waals surface area contributed by atoms with Gasteiger partial charge in [-0.3, -0.25) is 9.36 Å². The van der Waals surface area contributed by atoms with Crippen molar-refractivity contribution in [1.29, 1.82) is 0 Å². The van der Waals surface area contributed by atoms with Crippen molar-refractivity contribution < 1.29 is 28.7 Å². The number of piperidine rings is 1. The number of carbonyl (C=O) groups is 1. The summed E-state index contributed by atoms with van der Waals surface area (Å²) in [5.41, 5.74) is 0. The van der Waals surface area contributed by atoms with Gasteiger partial charge in [-0.25, -0.2) is 4.62 Å². The molecule has 1 aliphatic rings. The fourth-order valence-corrected chi connectivity index (χ4v) is 3.31. The van der Waals surface area contributed by atoms with Crippen LogP contribution in [0.25, 0.3) is 0 Å². The van der Waals surface area contributed by atoms with E-state index in [1.807, 2.05) is 6.92 Å². The molecule has 2 unspecified atom stereocenters. The van der Waals surface area contributed by atoms with Crippen LogP contribution in [0.1, 0.15) is 46.0 Å². The number of hydrogen-bond donors (Lipinski definition) is 2. The van der Waals surface area contributed by atoms with E-state index in [-0.39, 0.29) is 18.3 Å². The number of unbranched alkanes of at least 4 members (excludes halogenated alkanes) is 1. The third-order valence-electron chi connectivity index (χ3n) is 3.50. The van der Waals surface area contributed by atoms with Crippen LogP contribution in [0.4, 0.5) is 0 Å². The zero-order chi connectivity index (χ0) is 15.9. The van der Waals surface area contributed by atoms with Crippen LogP contribution in [0.2, 0.25) is 0 Å². The van der Waals surface area contributed by atoms with Crippen molar-refractivity contribution in [3.63, 3.8) is 0 Å². The quantitative estimate of drug-likeness (QED) is 0.520. The molecule has 7 nitrogen and oxygen atoms in total. The Bertz CT molecular complexity index is 370. The van der Waals surface area contributed by atoms with Crippen molar-refractivity contribution in [2.45, 2.75) is 51.8 Å². The van der Waals surface area contributed by atoms with Crippen molar-refractivity contribution in [2.24, 2.45) is 5.92 Å². The SMILES string of the molecule is CCCCC(O)P(=O)(O)ON1CCC(C(=O)OCC)CC1. The molecular formula is C13H26NO6P. The molecule has 1 rings (SSSR count). The predicted molar refractivity (Wildman–Crippen MR) is 77.4 cm³/mol. The summed E-state index contributed by atoms with van der Waals surface area (Å²) >= 11 is 0. The van der Waals surface area contributed by atoms with Crippen LogP contribution in [0.3, 0.4) is 0 Å². The molecule has 0 aliphatic carbocycles. The number of ether oxygens (including phenoxy) is 1. The van der Waals surface area contributed by atoms with Crippen molar-refractivity contribution >= 4 is 13.6 Å². The van der Waals surface area contributed by atoms with Gasteiger partial charge in [0.05, 0.1) is 12.5 Å². The molecule has 0 amide bonds. The molecule has 0 spiro atoms. The van der Waals surface area contributed by atoms with Gasteiger partial charge in [0.2, 0.25) is 0 Å². The molecule has 0 aromatic rings. The number of aliphatic hydroxyl groups excluding tert-OH is 1. The Morgan fingerprint density at radius 2 is 2.00 bits per heavy atom. The first-order chi connectivity index (χ1) is 9.90. The van der Waals surface area contributed by atoms with E-state index in [4.69, 9.17) is 9.36 Å². The fraction of sp³-hybridized carbons (Fsp3) is 0.923. The van der Waals surface area contributed by atoms with E-state index in [1.54, 1.807) is 6.92 Å². The molecule has 1 aliphatic heterocycles. The van der Waals surface area contributed by atoms with Gasteiger partial charge in [-0.05, 0) is 26.2 Å². The van der Waals surface area contributed by atoms with Gasteiger partial charge in [-0.1, -0.05) is 19.8 Å². The lowest BCUT2D eigenvalue weighted by Gasteiger charge is -2.31. The summed E-state index contributed by atoms with van der Waals surface area (Å²) in [5.74, 6) is -1.78. The van der Waals surface area contributed by atoms with Gasteiger partial charge in [-0.2, -0.15) is 5.06 Å². The minimum atomic E-state index is -4.07. The maximum absolute atomic E-state index is 12.0. The first kappa shape index (κ1) is 18.6. The highest BCUT2D eigenvalue weighted by Crippen LogP contribution is 2.49. The van der Waals surface area contributed by atoms with Gasteiger partial charge >= 0.3 is 13.6 Å². The van der Waals surface area contributed by atoms with Crippen molar-refractivity contribution in [3.05, 3.63) is 0 Å². The lowest BCUT2D eigenvalue weighted by molar-refractivity contribution is -0.154. The third-order valence-corrected chi connectivity index (χ3v) is 4.98. The first-order valence-electron chi connectivity index (χ1n) is 7.52. The highest BCUT2D eigenvalue weighted by atomic mass is 31.2. The maximum atomic E-state index is 12.0.